The van der Waals surface area contributed by atoms with Crippen LogP contribution in [-0.4, -0.2) is 16.9 Å². The van der Waals surface area contributed by atoms with Gasteiger partial charge < -0.3 is 0 Å². The summed E-state index contributed by atoms with van der Waals surface area (Å²) in [6.07, 6.45) is -4.23. The molecule has 2 radical (unpaired) electrons. The minimum absolute atomic E-state index is 0.201. The van der Waals surface area contributed by atoms with Crippen LogP contribution in [-0.2, 0) is 6.18 Å². The van der Waals surface area contributed by atoms with Crippen LogP contribution in [0.15, 0.2) is 24.3 Å². The molecule has 0 spiro atoms. The first-order chi connectivity index (χ1) is 5.02. The molecule has 1 aromatic rings. The molecule has 0 atom stereocenters. The van der Waals surface area contributed by atoms with E-state index in [0.717, 1.165) is 6.07 Å². The van der Waals surface area contributed by atoms with Gasteiger partial charge in [0.15, 0.2) is 0 Å². The molecular weight excluding hydrogens is 216 g/mol. The second-order valence-electron chi connectivity index (χ2n) is 2.01. The van der Waals surface area contributed by atoms with Crippen LogP contribution in [0.1, 0.15) is 5.56 Å². The topological polar surface area (TPSA) is 0 Å². The van der Waals surface area contributed by atoms with Gasteiger partial charge in [0.2, 0.25) is 0 Å². The molecule has 0 aromatic heterocycles. The van der Waals surface area contributed by atoms with E-state index in [9.17, 15) is 13.2 Å². The van der Waals surface area contributed by atoms with Crippen LogP contribution in [0.4, 0.5) is 13.2 Å². The summed E-state index contributed by atoms with van der Waals surface area (Å²) in [5, 5.41) is 0. The summed E-state index contributed by atoms with van der Waals surface area (Å²) in [5.41, 5.74) is -0.583. The summed E-state index contributed by atoms with van der Waals surface area (Å²) in [4.78, 5) is 0. The van der Waals surface area contributed by atoms with Crippen LogP contribution < -0.4 is 4.35 Å². The molecular formula is C7H4AsF3. The molecule has 0 aliphatic carbocycles. The molecule has 0 N–H and O–H groups in total. The van der Waals surface area contributed by atoms with Crippen LogP contribution in [0.25, 0.3) is 0 Å². The summed E-state index contributed by atoms with van der Waals surface area (Å²) >= 11 is 1.90. The fourth-order valence-electron chi connectivity index (χ4n) is 0.713. The monoisotopic (exact) mass is 220 g/mol. The third-order valence-corrected chi connectivity index (χ3v) is 2.03. The molecule has 0 amide bonds. The van der Waals surface area contributed by atoms with E-state index in [0.29, 0.717) is 0 Å². The van der Waals surface area contributed by atoms with Crippen molar-refractivity contribution < 1.29 is 13.2 Å². The summed E-state index contributed by atoms with van der Waals surface area (Å²) in [6.45, 7) is 0. The molecule has 0 unspecified atom stereocenters. The molecule has 0 fully saturated rings. The quantitative estimate of drug-likeness (QED) is 0.581. The molecule has 1 aromatic carbocycles. The first kappa shape index (κ1) is 8.66. The summed E-state index contributed by atoms with van der Waals surface area (Å²) in [6, 6.07) is 5.43. The van der Waals surface area contributed by atoms with Crippen molar-refractivity contribution in [1.29, 1.82) is 0 Å². The zero-order valence-corrected chi connectivity index (χ0v) is 7.27. The van der Waals surface area contributed by atoms with E-state index in [1.54, 1.807) is 6.07 Å². The van der Waals surface area contributed by atoms with E-state index in [4.69, 9.17) is 0 Å². The fourth-order valence-corrected chi connectivity index (χ4v) is 1.32. The third-order valence-electron chi connectivity index (χ3n) is 1.21. The van der Waals surface area contributed by atoms with Crippen molar-refractivity contribution in [2.24, 2.45) is 0 Å². The first-order valence-corrected chi connectivity index (χ1v) is 3.81. The Hall–Kier alpha value is -0.432. The van der Waals surface area contributed by atoms with E-state index in [1.165, 1.54) is 12.1 Å². The Morgan fingerprint density at radius 1 is 1.09 bits per heavy atom. The molecule has 0 bridgehead atoms. The number of benzene rings is 1. The van der Waals surface area contributed by atoms with Crippen LogP contribution in [0.2, 0.25) is 0 Å². The van der Waals surface area contributed by atoms with E-state index in [1.807, 2.05) is 16.9 Å². The zero-order valence-electron chi connectivity index (χ0n) is 5.39. The van der Waals surface area contributed by atoms with E-state index >= 15 is 0 Å². The SMILES string of the molecule is FC(F)(F)c1ccccc1[As]. The van der Waals surface area contributed by atoms with Gasteiger partial charge in [0.1, 0.15) is 0 Å². The van der Waals surface area contributed by atoms with Gasteiger partial charge in [-0.1, -0.05) is 0 Å². The molecule has 0 saturated carbocycles. The van der Waals surface area contributed by atoms with Gasteiger partial charge in [-0.2, -0.15) is 0 Å². The fraction of sp³-hybridized carbons (Fsp3) is 0.143. The molecule has 0 heterocycles. The first-order valence-electron chi connectivity index (χ1n) is 2.87. The predicted octanol–water partition coefficient (Wildman–Crippen LogP) is 1.50. The molecule has 0 aliphatic heterocycles. The molecule has 4 heteroatoms. The second kappa shape index (κ2) is 2.90. The Bertz CT molecular complexity index is 254. The van der Waals surface area contributed by atoms with Crippen molar-refractivity contribution in [2.45, 2.75) is 6.18 Å². The standard InChI is InChI=1S/C7H4AsF3/c8-6-4-2-1-3-5(6)7(9,10)11/h1-4H. The van der Waals surface area contributed by atoms with E-state index < -0.39 is 11.7 Å². The second-order valence-corrected chi connectivity index (χ2v) is 3.03. The van der Waals surface area contributed by atoms with Gasteiger partial charge in [-0.05, 0) is 0 Å². The number of hydrogen-bond donors (Lipinski definition) is 0. The van der Waals surface area contributed by atoms with Crippen molar-refractivity contribution in [3.05, 3.63) is 29.8 Å². The number of halogens is 3. The zero-order chi connectivity index (χ0) is 8.48. The van der Waals surface area contributed by atoms with Crippen molar-refractivity contribution in [3.8, 4) is 0 Å². The average molecular weight is 220 g/mol. The van der Waals surface area contributed by atoms with E-state index in [-0.39, 0.29) is 4.35 Å². The van der Waals surface area contributed by atoms with Gasteiger partial charge >= 0.3 is 70.4 Å². The molecule has 0 aliphatic rings. The molecule has 58 valence electrons. The molecule has 0 saturated heterocycles. The Morgan fingerprint density at radius 3 is 2.00 bits per heavy atom. The predicted molar refractivity (Wildman–Crippen MR) is 36.8 cm³/mol. The normalized spacial score (nSPS) is 11.6. The third kappa shape index (κ3) is 2.00. The number of hydrogen-bond acceptors (Lipinski definition) is 0. The van der Waals surface area contributed by atoms with Crippen molar-refractivity contribution in [1.82, 2.24) is 0 Å². The van der Waals surface area contributed by atoms with Gasteiger partial charge in [0.05, 0.1) is 0 Å². The molecule has 11 heavy (non-hydrogen) atoms. The van der Waals surface area contributed by atoms with Gasteiger partial charge in [-0.25, -0.2) is 0 Å². The van der Waals surface area contributed by atoms with E-state index in [2.05, 4.69) is 0 Å². The summed E-state index contributed by atoms with van der Waals surface area (Å²) < 4.78 is 36.3. The number of rotatable bonds is 0. The maximum atomic E-state index is 12.0. The minimum atomic E-state index is -4.23. The molecule has 1 rings (SSSR count). The van der Waals surface area contributed by atoms with Gasteiger partial charge in [0, 0.05) is 0 Å². The number of alkyl halides is 3. The van der Waals surface area contributed by atoms with Crippen LogP contribution in [0.3, 0.4) is 0 Å². The average Bonchev–Trinajstić information content (AvgIpc) is 1.86. The van der Waals surface area contributed by atoms with Crippen LogP contribution in [0, 0.1) is 0 Å². The Balaban J connectivity index is 3.14. The Labute approximate surface area is 70.9 Å². The molecule has 0 nitrogen and oxygen atoms in total. The van der Waals surface area contributed by atoms with Gasteiger partial charge in [0.25, 0.3) is 0 Å². The van der Waals surface area contributed by atoms with Crippen molar-refractivity contribution in [2.75, 3.05) is 0 Å². The van der Waals surface area contributed by atoms with Gasteiger partial charge in [-0.3, -0.25) is 0 Å². The van der Waals surface area contributed by atoms with Crippen molar-refractivity contribution in [3.63, 3.8) is 0 Å². The van der Waals surface area contributed by atoms with Crippen LogP contribution in [0.5, 0.6) is 0 Å². The summed E-state index contributed by atoms with van der Waals surface area (Å²) in [7, 11) is 0. The Kier molecular flexibility index (Phi) is 2.28. The maximum absolute atomic E-state index is 12.0. The van der Waals surface area contributed by atoms with Crippen molar-refractivity contribution >= 4 is 21.2 Å². The van der Waals surface area contributed by atoms with Gasteiger partial charge in [-0.15, -0.1) is 0 Å². The Morgan fingerprint density at radius 2 is 1.64 bits per heavy atom. The summed E-state index contributed by atoms with van der Waals surface area (Å²) in [5.74, 6) is 0. The van der Waals surface area contributed by atoms with Crippen LogP contribution >= 0.6 is 0 Å².